The summed E-state index contributed by atoms with van der Waals surface area (Å²) >= 11 is 0. The molecule has 0 spiro atoms. The van der Waals surface area contributed by atoms with Gasteiger partial charge in [-0.15, -0.1) is 0 Å². The van der Waals surface area contributed by atoms with Gasteiger partial charge in [0.05, 0.1) is 24.4 Å². The van der Waals surface area contributed by atoms with Gasteiger partial charge in [-0.3, -0.25) is 4.79 Å². The second-order valence-electron chi connectivity index (χ2n) is 9.05. The van der Waals surface area contributed by atoms with Crippen LogP contribution in [0.1, 0.15) is 40.0 Å². The molecule has 2 fully saturated rings. The van der Waals surface area contributed by atoms with Crippen LogP contribution in [-0.2, 0) is 4.79 Å². The lowest BCUT2D eigenvalue weighted by molar-refractivity contribution is -0.126. The normalized spacial score (nSPS) is 26.5. The summed E-state index contributed by atoms with van der Waals surface area (Å²) in [5.74, 6) is 1.07. The molecule has 1 saturated heterocycles. The molecule has 28 heavy (non-hydrogen) atoms. The number of anilines is 2. The van der Waals surface area contributed by atoms with Crippen LogP contribution >= 0.6 is 0 Å². The first-order chi connectivity index (χ1) is 13.3. The van der Waals surface area contributed by atoms with Crippen molar-refractivity contribution in [2.24, 2.45) is 11.3 Å². The number of hydrogen-bond acceptors (Lipinski definition) is 4. The monoisotopic (exact) mass is 387 g/mol. The minimum Gasteiger partial charge on any atom is -0.490 e. The van der Waals surface area contributed by atoms with Crippen molar-refractivity contribution in [3.63, 3.8) is 0 Å². The quantitative estimate of drug-likeness (QED) is 0.776. The minimum atomic E-state index is -0.503. The van der Waals surface area contributed by atoms with Gasteiger partial charge in [0.15, 0.2) is 0 Å². The number of carbonyl (C=O) groups is 2. The molecule has 1 aromatic carbocycles. The molecule has 7 nitrogen and oxygen atoms in total. The smallest absolute Gasteiger partial charge is 0.322 e. The van der Waals surface area contributed by atoms with Gasteiger partial charge in [0.2, 0.25) is 5.91 Å². The molecule has 3 atom stereocenters. The van der Waals surface area contributed by atoms with E-state index >= 15 is 0 Å². The highest BCUT2D eigenvalue weighted by atomic mass is 16.5. The Hall–Kier alpha value is -2.28. The van der Waals surface area contributed by atoms with Crippen LogP contribution < -0.4 is 15.0 Å². The lowest BCUT2D eigenvalue weighted by Crippen LogP contribution is -2.45. The lowest BCUT2D eigenvalue weighted by Gasteiger charge is -2.34. The van der Waals surface area contributed by atoms with E-state index in [-0.39, 0.29) is 18.0 Å². The predicted octanol–water partition coefficient (Wildman–Crippen LogP) is 2.84. The predicted molar refractivity (Wildman–Crippen MR) is 107 cm³/mol. The average Bonchev–Trinajstić information content (AvgIpc) is 3.23. The summed E-state index contributed by atoms with van der Waals surface area (Å²) in [6, 6.07) is 5.11. The highest BCUT2D eigenvalue weighted by Crippen LogP contribution is 2.39. The van der Waals surface area contributed by atoms with Crippen molar-refractivity contribution in [3.8, 4) is 5.75 Å². The average molecular weight is 387 g/mol. The Labute approximate surface area is 165 Å². The lowest BCUT2D eigenvalue weighted by atomic mass is 9.94. The van der Waals surface area contributed by atoms with E-state index in [0.29, 0.717) is 42.7 Å². The second-order valence-corrected chi connectivity index (χ2v) is 9.05. The molecule has 7 heteroatoms. The van der Waals surface area contributed by atoms with Crippen LogP contribution in [0.2, 0.25) is 0 Å². The number of benzene rings is 1. The number of aliphatic hydroxyl groups excluding tert-OH is 1. The summed E-state index contributed by atoms with van der Waals surface area (Å²) in [5, 5.41) is 13.2. The van der Waals surface area contributed by atoms with E-state index in [1.54, 1.807) is 28.0 Å². The number of aliphatic hydroxyl groups is 1. The topological polar surface area (TPSA) is 82.1 Å². The Morgan fingerprint density at radius 2 is 1.96 bits per heavy atom. The molecule has 0 bridgehead atoms. The van der Waals surface area contributed by atoms with Crippen LogP contribution in [0.5, 0.6) is 5.75 Å². The molecule has 0 unspecified atom stereocenters. The Bertz CT molecular complexity index is 788. The number of rotatable bonds is 1. The Morgan fingerprint density at radius 3 is 2.71 bits per heavy atom. The van der Waals surface area contributed by atoms with Gasteiger partial charge in [-0.2, -0.15) is 0 Å². The highest BCUT2D eigenvalue weighted by Gasteiger charge is 2.45. The zero-order chi connectivity index (χ0) is 20.1. The largest absolute Gasteiger partial charge is 0.490 e. The van der Waals surface area contributed by atoms with Crippen LogP contribution in [0.15, 0.2) is 18.2 Å². The molecule has 1 aromatic rings. The highest BCUT2D eigenvalue weighted by molar-refractivity contribution is 6.00. The Morgan fingerprint density at radius 1 is 1.18 bits per heavy atom. The van der Waals surface area contributed by atoms with E-state index < -0.39 is 11.5 Å². The number of ether oxygens (including phenoxy) is 1. The van der Waals surface area contributed by atoms with Crippen LogP contribution in [-0.4, -0.2) is 53.8 Å². The molecule has 1 saturated carbocycles. The van der Waals surface area contributed by atoms with Gasteiger partial charge < -0.3 is 25.0 Å². The second kappa shape index (κ2) is 6.95. The van der Waals surface area contributed by atoms with Crippen molar-refractivity contribution < 1.29 is 19.4 Å². The maximum absolute atomic E-state index is 12.8. The standard InChI is InChI=1S/C21H29N3O4/c1-21(2,3)19(26)23-10-11-28-17-7-5-14(12-15(17)23)22-20(27)24-9-8-13-4-6-16(25)18(13)24/h5,7,12-13,16,18,25H,4,6,8-11H2,1-3H3,(H,22,27)/t13-,16+,18+/m0/s1. The minimum absolute atomic E-state index is 0.0250. The van der Waals surface area contributed by atoms with Gasteiger partial charge in [-0.1, -0.05) is 20.8 Å². The van der Waals surface area contributed by atoms with Crippen LogP contribution in [0.4, 0.5) is 16.2 Å². The van der Waals surface area contributed by atoms with Crippen molar-refractivity contribution in [2.75, 3.05) is 29.9 Å². The maximum Gasteiger partial charge on any atom is 0.322 e. The van der Waals surface area contributed by atoms with Crippen LogP contribution in [0.3, 0.4) is 0 Å². The molecule has 2 heterocycles. The fourth-order valence-electron chi connectivity index (χ4n) is 4.62. The molecule has 2 N–H and O–H groups in total. The summed E-state index contributed by atoms with van der Waals surface area (Å²) in [6.07, 6.45) is 2.26. The van der Waals surface area contributed by atoms with Gasteiger partial charge in [-0.05, 0) is 43.4 Å². The van der Waals surface area contributed by atoms with Crippen molar-refractivity contribution in [1.82, 2.24) is 4.90 Å². The summed E-state index contributed by atoms with van der Waals surface area (Å²) in [6.45, 7) is 7.30. The number of likely N-dealkylation sites (tertiary alicyclic amines) is 1. The Kier molecular flexibility index (Phi) is 4.73. The fourth-order valence-corrected chi connectivity index (χ4v) is 4.62. The summed E-state index contributed by atoms with van der Waals surface area (Å²) in [5.41, 5.74) is 0.804. The van der Waals surface area contributed by atoms with Crippen LogP contribution in [0, 0.1) is 11.3 Å². The first kappa shape index (κ1) is 19.1. The fraction of sp³-hybridized carbons (Fsp3) is 0.619. The third-order valence-electron chi connectivity index (χ3n) is 6.03. The van der Waals surface area contributed by atoms with E-state index in [4.69, 9.17) is 4.74 Å². The van der Waals surface area contributed by atoms with Crippen molar-refractivity contribution in [2.45, 2.75) is 52.2 Å². The number of hydrogen-bond donors (Lipinski definition) is 2. The summed E-state index contributed by atoms with van der Waals surface area (Å²) in [4.78, 5) is 29.2. The molecule has 3 aliphatic rings. The van der Waals surface area contributed by atoms with Crippen molar-refractivity contribution in [1.29, 1.82) is 0 Å². The third-order valence-corrected chi connectivity index (χ3v) is 6.03. The maximum atomic E-state index is 12.8. The number of fused-ring (bicyclic) bond motifs is 2. The third kappa shape index (κ3) is 3.32. The number of nitrogens with zero attached hydrogens (tertiary/aromatic N) is 2. The molecule has 4 rings (SSSR count). The number of nitrogens with one attached hydrogen (secondary N) is 1. The number of carbonyl (C=O) groups excluding carboxylic acids is 2. The van der Waals surface area contributed by atoms with E-state index in [1.165, 1.54) is 0 Å². The molecule has 3 amide bonds. The van der Waals surface area contributed by atoms with Crippen molar-refractivity contribution in [3.05, 3.63) is 18.2 Å². The van der Waals surface area contributed by atoms with Gasteiger partial charge >= 0.3 is 6.03 Å². The van der Waals surface area contributed by atoms with E-state index in [9.17, 15) is 14.7 Å². The Balaban J connectivity index is 1.54. The number of amides is 3. The molecule has 0 aromatic heterocycles. The molecule has 152 valence electrons. The SMILES string of the molecule is CC(C)(C)C(=O)N1CCOc2ccc(NC(=O)N3CC[C@@H]4CC[C@@H](O)[C@@H]43)cc21. The first-order valence-corrected chi connectivity index (χ1v) is 10.1. The molecule has 1 aliphatic carbocycles. The zero-order valence-corrected chi connectivity index (χ0v) is 16.8. The molecule has 2 aliphatic heterocycles. The first-order valence-electron chi connectivity index (χ1n) is 10.1. The van der Waals surface area contributed by atoms with E-state index in [0.717, 1.165) is 19.3 Å². The van der Waals surface area contributed by atoms with Gasteiger partial charge in [-0.25, -0.2) is 4.79 Å². The summed E-state index contributed by atoms with van der Waals surface area (Å²) in [7, 11) is 0. The van der Waals surface area contributed by atoms with E-state index in [1.807, 2.05) is 20.8 Å². The van der Waals surface area contributed by atoms with Gasteiger partial charge in [0, 0.05) is 17.6 Å². The van der Waals surface area contributed by atoms with Gasteiger partial charge in [0.25, 0.3) is 0 Å². The van der Waals surface area contributed by atoms with Crippen LogP contribution in [0.25, 0.3) is 0 Å². The molecule has 0 radical (unpaired) electrons. The molecular weight excluding hydrogens is 358 g/mol. The molecular formula is C21H29N3O4. The summed E-state index contributed by atoms with van der Waals surface area (Å²) < 4.78 is 5.70. The van der Waals surface area contributed by atoms with Gasteiger partial charge in [0.1, 0.15) is 12.4 Å². The zero-order valence-electron chi connectivity index (χ0n) is 16.8. The number of urea groups is 1. The van der Waals surface area contributed by atoms with E-state index in [2.05, 4.69) is 5.32 Å². The van der Waals surface area contributed by atoms with Crippen molar-refractivity contribution >= 4 is 23.3 Å².